The van der Waals surface area contributed by atoms with Crippen LogP contribution in [0.3, 0.4) is 0 Å². The van der Waals surface area contributed by atoms with Crippen LogP contribution in [-0.4, -0.2) is 25.2 Å². The smallest absolute Gasteiger partial charge is 0.220 e. The molecule has 0 aliphatic rings. The molecule has 2 rings (SSSR count). The van der Waals surface area contributed by atoms with Gasteiger partial charge in [0.15, 0.2) is 0 Å². The van der Waals surface area contributed by atoms with Crippen molar-refractivity contribution in [3.8, 4) is 11.5 Å². The first-order chi connectivity index (χ1) is 12.0. The van der Waals surface area contributed by atoms with E-state index in [4.69, 9.17) is 21.1 Å². The van der Waals surface area contributed by atoms with Gasteiger partial charge < -0.3 is 14.8 Å². The van der Waals surface area contributed by atoms with Crippen molar-refractivity contribution in [2.24, 2.45) is 0 Å². The molecule has 0 saturated heterocycles. The number of ether oxygens (including phenoxy) is 2. The van der Waals surface area contributed by atoms with Crippen molar-refractivity contribution in [2.75, 3.05) is 13.2 Å². The van der Waals surface area contributed by atoms with E-state index in [1.807, 2.05) is 50.2 Å². The van der Waals surface area contributed by atoms with Crippen LogP contribution < -0.4 is 14.8 Å². The fourth-order valence-corrected chi connectivity index (χ4v) is 2.32. The molecular formula is C20H24ClNO3. The standard InChI is InChI=1S/C20H24ClNO3/c1-15-5-9-19(10-6-15)25-14-16(2)22-20(23)4-3-13-24-18-11-7-17(21)8-12-18/h5-12,16H,3-4,13-14H2,1-2H3,(H,22,23)/t16-/m0/s1. The van der Waals surface area contributed by atoms with Crippen LogP contribution in [0, 0.1) is 6.92 Å². The molecule has 0 unspecified atom stereocenters. The molecule has 0 saturated carbocycles. The van der Waals surface area contributed by atoms with Crippen LogP contribution in [0.1, 0.15) is 25.3 Å². The number of amides is 1. The van der Waals surface area contributed by atoms with Gasteiger partial charge in [0.1, 0.15) is 18.1 Å². The maximum absolute atomic E-state index is 11.9. The molecule has 2 aromatic carbocycles. The molecule has 0 spiro atoms. The highest BCUT2D eigenvalue weighted by Gasteiger charge is 2.08. The summed E-state index contributed by atoms with van der Waals surface area (Å²) >= 11 is 5.82. The Morgan fingerprint density at radius 3 is 2.32 bits per heavy atom. The van der Waals surface area contributed by atoms with Gasteiger partial charge in [-0.05, 0) is 56.7 Å². The van der Waals surface area contributed by atoms with Gasteiger partial charge >= 0.3 is 0 Å². The molecule has 0 aliphatic heterocycles. The number of carbonyl (C=O) groups excluding carboxylic acids is 1. The summed E-state index contributed by atoms with van der Waals surface area (Å²) < 4.78 is 11.2. The summed E-state index contributed by atoms with van der Waals surface area (Å²) in [6, 6.07) is 15.0. The predicted molar refractivity (Wildman–Crippen MR) is 100 cm³/mol. The lowest BCUT2D eigenvalue weighted by molar-refractivity contribution is -0.122. The van der Waals surface area contributed by atoms with E-state index in [-0.39, 0.29) is 11.9 Å². The Morgan fingerprint density at radius 2 is 1.64 bits per heavy atom. The maximum Gasteiger partial charge on any atom is 0.220 e. The minimum atomic E-state index is -0.0500. The molecule has 4 nitrogen and oxygen atoms in total. The first-order valence-electron chi connectivity index (χ1n) is 8.40. The molecule has 5 heteroatoms. The van der Waals surface area contributed by atoms with Crippen LogP contribution in [0.5, 0.6) is 11.5 Å². The summed E-state index contributed by atoms with van der Waals surface area (Å²) in [7, 11) is 0. The predicted octanol–water partition coefficient (Wildman–Crippen LogP) is 4.39. The van der Waals surface area contributed by atoms with Gasteiger partial charge in [-0.2, -0.15) is 0 Å². The van der Waals surface area contributed by atoms with Crippen LogP contribution in [0.25, 0.3) is 0 Å². The molecule has 0 heterocycles. The Labute approximate surface area is 154 Å². The van der Waals surface area contributed by atoms with Crippen molar-refractivity contribution in [1.29, 1.82) is 0 Å². The van der Waals surface area contributed by atoms with Crippen LogP contribution in [0.15, 0.2) is 48.5 Å². The summed E-state index contributed by atoms with van der Waals surface area (Å²) in [5, 5.41) is 3.61. The summed E-state index contributed by atoms with van der Waals surface area (Å²) in [5.41, 5.74) is 1.19. The normalized spacial score (nSPS) is 11.6. The highest BCUT2D eigenvalue weighted by molar-refractivity contribution is 6.30. The van der Waals surface area contributed by atoms with E-state index in [0.29, 0.717) is 31.1 Å². The average molecular weight is 362 g/mol. The topological polar surface area (TPSA) is 47.6 Å². The Bertz CT molecular complexity index is 656. The highest BCUT2D eigenvalue weighted by atomic mass is 35.5. The minimum absolute atomic E-state index is 0.000266. The third-order valence-electron chi connectivity index (χ3n) is 3.56. The third kappa shape index (κ3) is 7.48. The molecule has 1 amide bonds. The van der Waals surface area contributed by atoms with Crippen molar-refractivity contribution >= 4 is 17.5 Å². The Balaban J connectivity index is 1.59. The van der Waals surface area contributed by atoms with E-state index in [1.54, 1.807) is 12.1 Å². The van der Waals surface area contributed by atoms with Crippen LogP contribution >= 0.6 is 11.6 Å². The molecular weight excluding hydrogens is 338 g/mol. The number of benzene rings is 2. The number of rotatable bonds is 9. The molecule has 1 atom stereocenters. The zero-order valence-corrected chi connectivity index (χ0v) is 15.4. The van der Waals surface area contributed by atoms with E-state index >= 15 is 0 Å². The Morgan fingerprint density at radius 1 is 1.04 bits per heavy atom. The molecule has 1 N–H and O–H groups in total. The summed E-state index contributed by atoms with van der Waals surface area (Å²) in [6.07, 6.45) is 1.07. The van der Waals surface area contributed by atoms with Crippen LogP contribution in [0.4, 0.5) is 0 Å². The number of nitrogens with one attached hydrogen (secondary N) is 1. The van der Waals surface area contributed by atoms with Crippen molar-refractivity contribution < 1.29 is 14.3 Å². The SMILES string of the molecule is Cc1ccc(OC[C@H](C)NC(=O)CCCOc2ccc(Cl)cc2)cc1. The Kier molecular flexibility index (Phi) is 7.61. The maximum atomic E-state index is 11.9. The molecule has 25 heavy (non-hydrogen) atoms. The van der Waals surface area contributed by atoms with Crippen molar-refractivity contribution in [1.82, 2.24) is 5.32 Å². The molecule has 0 aliphatic carbocycles. The number of aryl methyl sites for hydroxylation is 1. The van der Waals surface area contributed by atoms with Crippen molar-refractivity contribution in [2.45, 2.75) is 32.7 Å². The number of hydrogen-bond acceptors (Lipinski definition) is 3. The molecule has 134 valence electrons. The quantitative estimate of drug-likeness (QED) is 0.674. The van der Waals surface area contributed by atoms with Crippen LogP contribution in [-0.2, 0) is 4.79 Å². The minimum Gasteiger partial charge on any atom is -0.494 e. The lowest BCUT2D eigenvalue weighted by atomic mass is 10.2. The summed E-state index contributed by atoms with van der Waals surface area (Å²) in [5.74, 6) is 1.56. The van der Waals surface area contributed by atoms with E-state index < -0.39 is 0 Å². The van der Waals surface area contributed by atoms with E-state index in [9.17, 15) is 4.79 Å². The van der Waals surface area contributed by atoms with E-state index in [1.165, 1.54) is 5.56 Å². The third-order valence-corrected chi connectivity index (χ3v) is 3.81. The van der Waals surface area contributed by atoms with Gasteiger partial charge in [0.25, 0.3) is 0 Å². The lowest BCUT2D eigenvalue weighted by Crippen LogP contribution is -2.36. The van der Waals surface area contributed by atoms with Gasteiger partial charge in [-0.1, -0.05) is 29.3 Å². The zero-order valence-electron chi connectivity index (χ0n) is 14.6. The van der Waals surface area contributed by atoms with Gasteiger partial charge in [-0.3, -0.25) is 4.79 Å². The highest BCUT2D eigenvalue weighted by Crippen LogP contribution is 2.15. The van der Waals surface area contributed by atoms with Gasteiger partial charge in [-0.15, -0.1) is 0 Å². The molecule has 0 fully saturated rings. The number of hydrogen-bond donors (Lipinski definition) is 1. The number of halogens is 1. The second-order valence-corrected chi connectivity index (χ2v) is 6.43. The molecule has 2 aromatic rings. The largest absolute Gasteiger partial charge is 0.494 e. The zero-order chi connectivity index (χ0) is 18.1. The average Bonchev–Trinajstić information content (AvgIpc) is 2.60. The second kappa shape index (κ2) is 9.94. The van der Waals surface area contributed by atoms with Crippen molar-refractivity contribution in [3.05, 3.63) is 59.1 Å². The fraction of sp³-hybridized carbons (Fsp3) is 0.350. The number of carbonyl (C=O) groups is 1. The first-order valence-corrected chi connectivity index (χ1v) is 8.78. The fourth-order valence-electron chi connectivity index (χ4n) is 2.20. The second-order valence-electron chi connectivity index (χ2n) is 6.00. The van der Waals surface area contributed by atoms with Gasteiger partial charge in [0, 0.05) is 11.4 Å². The Hall–Kier alpha value is -2.20. The lowest BCUT2D eigenvalue weighted by Gasteiger charge is -2.15. The first kappa shape index (κ1) is 19.1. The van der Waals surface area contributed by atoms with E-state index in [0.717, 1.165) is 11.5 Å². The van der Waals surface area contributed by atoms with Crippen LogP contribution in [0.2, 0.25) is 5.02 Å². The van der Waals surface area contributed by atoms with Gasteiger partial charge in [0.2, 0.25) is 5.91 Å². The molecule has 0 aromatic heterocycles. The molecule has 0 radical (unpaired) electrons. The van der Waals surface area contributed by atoms with Crippen molar-refractivity contribution in [3.63, 3.8) is 0 Å². The molecule has 0 bridgehead atoms. The summed E-state index contributed by atoms with van der Waals surface area (Å²) in [6.45, 7) is 4.89. The monoisotopic (exact) mass is 361 g/mol. The van der Waals surface area contributed by atoms with E-state index in [2.05, 4.69) is 5.32 Å². The summed E-state index contributed by atoms with van der Waals surface area (Å²) in [4.78, 5) is 11.9. The van der Waals surface area contributed by atoms with Gasteiger partial charge in [0.05, 0.1) is 12.6 Å². The van der Waals surface area contributed by atoms with Gasteiger partial charge in [-0.25, -0.2) is 0 Å².